The van der Waals surface area contributed by atoms with Gasteiger partial charge >= 0.3 is 0 Å². The fourth-order valence-corrected chi connectivity index (χ4v) is 1.97. The van der Waals surface area contributed by atoms with Gasteiger partial charge in [-0.25, -0.2) is 13.5 Å². The standard InChI is InChI=1S/C13H11F2N3O3/c1-7-5-12(13(14)15)17(16-7)11-6-9(18(20)21)3-4-10(11)8(2)19/h3-6,13H,1-2H3. The fraction of sp³-hybridized carbons (Fsp3) is 0.231. The minimum Gasteiger partial charge on any atom is -0.294 e. The van der Waals surface area contributed by atoms with Gasteiger partial charge in [0.05, 0.1) is 16.3 Å². The molecule has 8 heteroatoms. The van der Waals surface area contributed by atoms with Crippen molar-refractivity contribution in [2.24, 2.45) is 0 Å². The monoisotopic (exact) mass is 295 g/mol. The highest BCUT2D eigenvalue weighted by atomic mass is 19.3. The van der Waals surface area contributed by atoms with Gasteiger partial charge in [-0.05, 0) is 26.0 Å². The second-order valence-corrected chi connectivity index (χ2v) is 4.44. The lowest BCUT2D eigenvalue weighted by Gasteiger charge is -2.10. The number of rotatable bonds is 4. The number of carbonyl (C=O) groups excluding carboxylic acids is 1. The maximum absolute atomic E-state index is 13.0. The summed E-state index contributed by atoms with van der Waals surface area (Å²) in [5.41, 5.74) is -0.337. The smallest absolute Gasteiger partial charge is 0.280 e. The average molecular weight is 295 g/mol. The van der Waals surface area contributed by atoms with E-state index < -0.39 is 22.8 Å². The third-order valence-corrected chi connectivity index (χ3v) is 2.88. The lowest BCUT2D eigenvalue weighted by atomic mass is 10.1. The molecule has 0 atom stereocenters. The Morgan fingerprint density at radius 2 is 2.05 bits per heavy atom. The number of Topliss-reactive ketones (excluding diaryl/α,β-unsaturated/α-hetero) is 1. The van der Waals surface area contributed by atoms with Gasteiger partial charge < -0.3 is 0 Å². The van der Waals surface area contributed by atoms with Crippen molar-refractivity contribution in [3.05, 3.63) is 51.3 Å². The first-order valence-corrected chi connectivity index (χ1v) is 5.95. The van der Waals surface area contributed by atoms with Crippen molar-refractivity contribution < 1.29 is 18.5 Å². The van der Waals surface area contributed by atoms with Crippen LogP contribution in [0.5, 0.6) is 0 Å². The molecule has 0 radical (unpaired) electrons. The van der Waals surface area contributed by atoms with E-state index in [-0.39, 0.29) is 16.9 Å². The maximum atomic E-state index is 13.0. The van der Waals surface area contributed by atoms with Crippen molar-refractivity contribution >= 4 is 11.5 Å². The van der Waals surface area contributed by atoms with E-state index in [4.69, 9.17) is 0 Å². The summed E-state index contributed by atoms with van der Waals surface area (Å²) in [7, 11) is 0. The van der Waals surface area contributed by atoms with Crippen LogP contribution in [0.15, 0.2) is 24.3 Å². The highest BCUT2D eigenvalue weighted by Gasteiger charge is 2.22. The number of aryl methyl sites for hydroxylation is 1. The zero-order valence-corrected chi connectivity index (χ0v) is 11.2. The van der Waals surface area contributed by atoms with Crippen molar-refractivity contribution in [1.29, 1.82) is 0 Å². The van der Waals surface area contributed by atoms with Gasteiger partial charge in [-0.1, -0.05) is 0 Å². The van der Waals surface area contributed by atoms with Gasteiger partial charge in [0.1, 0.15) is 5.69 Å². The van der Waals surface area contributed by atoms with Crippen LogP contribution < -0.4 is 0 Å². The summed E-state index contributed by atoms with van der Waals surface area (Å²) >= 11 is 0. The number of hydrogen-bond acceptors (Lipinski definition) is 4. The number of ketones is 1. The van der Waals surface area contributed by atoms with Crippen LogP contribution >= 0.6 is 0 Å². The Balaban J connectivity index is 2.74. The number of nitro groups is 1. The lowest BCUT2D eigenvalue weighted by molar-refractivity contribution is -0.384. The number of hydrogen-bond donors (Lipinski definition) is 0. The predicted molar refractivity (Wildman–Crippen MR) is 69.9 cm³/mol. The van der Waals surface area contributed by atoms with E-state index in [1.165, 1.54) is 26.0 Å². The second-order valence-electron chi connectivity index (χ2n) is 4.44. The molecule has 0 bridgehead atoms. The number of nitro benzene ring substituents is 1. The van der Waals surface area contributed by atoms with Crippen LogP contribution in [-0.2, 0) is 0 Å². The molecule has 110 valence electrons. The number of aromatic nitrogens is 2. The first-order chi connectivity index (χ1) is 9.81. The number of benzene rings is 1. The molecule has 0 aliphatic rings. The van der Waals surface area contributed by atoms with Gasteiger partial charge in [-0.15, -0.1) is 0 Å². The Morgan fingerprint density at radius 3 is 2.57 bits per heavy atom. The zero-order chi connectivity index (χ0) is 15.7. The van der Waals surface area contributed by atoms with Gasteiger partial charge in [-0.2, -0.15) is 5.10 Å². The minimum absolute atomic E-state index is 0.0277. The largest absolute Gasteiger partial charge is 0.294 e. The Bertz CT molecular complexity index is 725. The number of nitrogens with zero attached hydrogens (tertiary/aromatic N) is 3. The molecule has 0 saturated carbocycles. The highest BCUT2D eigenvalue weighted by Crippen LogP contribution is 2.27. The molecule has 6 nitrogen and oxygen atoms in total. The Morgan fingerprint density at radius 1 is 1.38 bits per heavy atom. The molecule has 21 heavy (non-hydrogen) atoms. The number of alkyl halides is 2. The topological polar surface area (TPSA) is 78.0 Å². The molecule has 1 aromatic carbocycles. The molecule has 0 spiro atoms. The van der Waals surface area contributed by atoms with E-state index in [1.54, 1.807) is 0 Å². The molecule has 2 rings (SSSR count). The molecule has 1 aromatic heterocycles. The third-order valence-electron chi connectivity index (χ3n) is 2.88. The summed E-state index contributed by atoms with van der Waals surface area (Å²) in [5, 5.41) is 14.7. The van der Waals surface area contributed by atoms with Crippen molar-refractivity contribution in [3.63, 3.8) is 0 Å². The average Bonchev–Trinajstić information content (AvgIpc) is 2.80. The molecule has 0 aliphatic carbocycles. The van der Waals surface area contributed by atoms with Crippen LogP contribution in [0.3, 0.4) is 0 Å². The van der Waals surface area contributed by atoms with E-state index in [2.05, 4.69) is 5.10 Å². The summed E-state index contributed by atoms with van der Waals surface area (Å²) in [6.45, 7) is 2.77. The molecule has 2 aromatic rings. The molecule has 0 saturated heterocycles. The third kappa shape index (κ3) is 2.78. The Hall–Kier alpha value is -2.64. The van der Waals surface area contributed by atoms with Gasteiger partial charge in [0.2, 0.25) is 0 Å². The van der Waals surface area contributed by atoms with Crippen molar-refractivity contribution in [2.75, 3.05) is 0 Å². The van der Waals surface area contributed by atoms with E-state index in [0.29, 0.717) is 5.69 Å². The van der Waals surface area contributed by atoms with E-state index in [9.17, 15) is 23.7 Å². The number of halogens is 2. The molecule has 0 unspecified atom stereocenters. The summed E-state index contributed by atoms with van der Waals surface area (Å²) in [5.74, 6) is -0.395. The number of non-ortho nitro benzene ring substituents is 1. The van der Waals surface area contributed by atoms with Crippen LogP contribution in [0.2, 0.25) is 0 Å². The first kappa shape index (κ1) is 14.8. The Labute approximate surface area is 118 Å². The predicted octanol–water partition coefficient (Wildman–Crippen LogP) is 3.23. The molecule has 0 amide bonds. The zero-order valence-electron chi connectivity index (χ0n) is 11.2. The van der Waals surface area contributed by atoms with Gasteiger partial charge in [0.25, 0.3) is 12.1 Å². The molecule has 0 N–H and O–H groups in total. The quantitative estimate of drug-likeness (QED) is 0.493. The normalized spacial score (nSPS) is 10.9. The summed E-state index contributed by atoms with van der Waals surface area (Å²) in [4.78, 5) is 21.8. The van der Waals surface area contributed by atoms with Crippen LogP contribution in [-0.4, -0.2) is 20.5 Å². The van der Waals surface area contributed by atoms with Crippen molar-refractivity contribution in [1.82, 2.24) is 9.78 Å². The van der Waals surface area contributed by atoms with Gasteiger partial charge in [0, 0.05) is 17.7 Å². The number of carbonyl (C=O) groups is 1. The molecular formula is C13H11F2N3O3. The van der Waals surface area contributed by atoms with E-state index in [0.717, 1.165) is 16.8 Å². The van der Waals surface area contributed by atoms with Gasteiger partial charge in [0.15, 0.2) is 5.78 Å². The lowest BCUT2D eigenvalue weighted by Crippen LogP contribution is -2.09. The van der Waals surface area contributed by atoms with Crippen LogP contribution in [0.4, 0.5) is 14.5 Å². The summed E-state index contributed by atoms with van der Waals surface area (Å²) in [6.07, 6.45) is -2.81. The maximum Gasteiger partial charge on any atom is 0.280 e. The first-order valence-electron chi connectivity index (χ1n) is 5.95. The molecular weight excluding hydrogens is 284 g/mol. The SMILES string of the molecule is CC(=O)c1ccc([N+](=O)[O-])cc1-n1nc(C)cc1C(F)F. The minimum atomic E-state index is -2.81. The Kier molecular flexibility index (Phi) is 3.79. The van der Waals surface area contributed by atoms with E-state index in [1.807, 2.05) is 0 Å². The van der Waals surface area contributed by atoms with Crippen molar-refractivity contribution in [2.45, 2.75) is 20.3 Å². The van der Waals surface area contributed by atoms with E-state index >= 15 is 0 Å². The molecule has 1 heterocycles. The molecule has 0 fully saturated rings. The second kappa shape index (κ2) is 5.39. The van der Waals surface area contributed by atoms with Crippen LogP contribution in [0.25, 0.3) is 5.69 Å². The van der Waals surface area contributed by atoms with Crippen LogP contribution in [0.1, 0.15) is 35.1 Å². The highest BCUT2D eigenvalue weighted by molar-refractivity contribution is 5.98. The van der Waals surface area contributed by atoms with Gasteiger partial charge in [-0.3, -0.25) is 14.9 Å². The molecule has 0 aliphatic heterocycles. The summed E-state index contributed by atoms with van der Waals surface area (Å²) in [6, 6.07) is 4.63. The fourth-order valence-electron chi connectivity index (χ4n) is 1.97. The van der Waals surface area contributed by atoms with Crippen LogP contribution in [0, 0.1) is 17.0 Å². The summed E-state index contributed by atoms with van der Waals surface area (Å²) < 4.78 is 27.0. The van der Waals surface area contributed by atoms with Crippen molar-refractivity contribution in [3.8, 4) is 5.69 Å².